The first kappa shape index (κ1) is 26.2. The Bertz CT molecular complexity index is 1510. The van der Waals surface area contributed by atoms with E-state index in [1.165, 1.54) is 12.2 Å². The van der Waals surface area contributed by atoms with Crippen molar-refractivity contribution in [3.05, 3.63) is 112 Å². The second-order valence-corrected chi connectivity index (χ2v) is 9.12. The Kier molecular flexibility index (Phi) is 8.40. The minimum absolute atomic E-state index is 0.0999. The number of halogens is 2. The van der Waals surface area contributed by atoms with Crippen molar-refractivity contribution in [3.8, 4) is 11.3 Å². The van der Waals surface area contributed by atoms with Gasteiger partial charge in [-0.2, -0.15) is 0 Å². The summed E-state index contributed by atoms with van der Waals surface area (Å²) in [5.41, 5.74) is 3.31. The highest BCUT2D eigenvalue weighted by molar-refractivity contribution is 7.80. The number of nitrogens with one attached hydrogen (secondary N) is 3. The highest BCUT2D eigenvalue weighted by atomic mass is 35.5. The van der Waals surface area contributed by atoms with Gasteiger partial charge in [-0.05, 0) is 79.3 Å². The topological polar surface area (TPSA) is 83.4 Å². The molecule has 2 amide bonds. The van der Waals surface area contributed by atoms with E-state index in [0.29, 0.717) is 44.1 Å². The Hall–Kier alpha value is -3.91. The fourth-order valence-electron chi connectivity index (χ4n) is 3.46. The van der Waals surface area contributed by atoms with Crippen LogP contribution in [0.25, 0.3) is 17.4 Å². The van der Waals surface area contributed by atoms with Crippen molar-refractivity contribution >= 4 is 69.8 Å². The maximum atomic E-state index is 12.6. The third-order valence-corrected chi connectivity index (χ3v) is 6.27. The van der Waals surface area contributed by atoms with E-state index < -0.39 is 5.91 Å². The lowest BCUT2D eigenvalue weighted by Gasteiger charge is -2.11. The third kappa shape index (κ3) is 6.86. The molecule has 4 aromatic rings. The summed E-state index contributed by atoms with van der Waals surface area (Å²) < 4.78 is 5.75. The molecule has 0 aliphatic carbocycles. The van der Waals surface area contributed by atoms with Crippen molar-refractivity contribution in [1.82, 2.24) is 5.32 Å². The molecule has 0 saturated heterocycles. The molecule has 4 rings (SSSR count). The van der Waals surface area contributed by atoms with Gasteiger partial charge in [0.2, 0.25) is 5.91 Å². The molecular formula is C28H21Cl2N3O3S. The number of benzene rings is 3. The van der Waals surface area contributed by atoms with Crippen LogP contribution >= 0.6 is 35.4 Å². The summed E-state index contributed by atoms with van der Waals surface area (Å²) in [6.07, 6.45) is 2.82. The number of thiocarbonyl (C=S) groups is 1. The first-order valence-electron chi connectivity index (χ1n) is 11.1. The number of amides is 2. The third-order valence-electron chi connectivity index (χ3n) is 5.25. The molecule has 9 heteroatoms. The van der Waals surface area contributed by atoms with Gasteiger partial charge in [0.1, 0.15) is 11.5 Å². The number of aryl methyl sites for hydroxylation is 1. The summed E-state index contributed by atoms with van der Waals surface area (Å²) >= 11 is 17.6. The molecule has 0 bridgehead atoms. The predicted octanol–water partition coefficient (Wildman–Crippen LogP) is 7.34. The summed E-state index contributed by atoms with van der Waals surface area (Å²) in [7, 11) is 0. The van der Waals surface area contributed by atoms with Gasteiger partial charge in [0, 0.05) is 28.6 Å². The minimum atomic E-state index is -0.444. The predicted molar refractivity (Wildman–Crippen MR) is 153 cm³/mol. The number of carbonyl (C=O) groups is 2. The molecule has 3 aromatic carbocycles. The SMILES string of the molecule is Cc1ccccc1C(=O)Nc1cccc(NC(=S)NC(=O)C=Cc2ccc(-c3cccc(Cl)c3Cl)o2)c1. The van der Waals surface area contributed by atoms with Gasteiger partial charge in [-0.25, -0.2) is 0 Å². The van der Waals surface area contributed by atoms with E-state index in [-0.39, 0.29) is 11.0 Å². The van der Waals surface area contributed by atoms with E-state index in [1.54, 1.807) is 60.7 Å². The molecule has 0 unspecified atom stereocenters. The standard InChI is InChI=1S/C28H21Cl2N3O3S/c1-17-6-2-3-9-21(17)27(35)31-18-7-4-8-19(16-18)32-28(37)33-25(34)15-13-20-12-14-24(36-20)22-10-5-11-23(29)26(22)30/h2-16H,1H3,(H,31,35)(H2,32,33,34,37). The van der Waals surface area contributed by atoms with Gasteiger partial charge < -0.3 is 15.1 Å². The maximum absolute atomic E-state index is 12.6. The first-order valence-corrected chi connectivity index (χ1v) is 12.3. The van der Waals surface area contributed by atoms with Crippen LogP contribution in [0.5, 0.6) is 0 Å². The van der Waals surface area contributed by atoms with E-state index in [2.05, 4.69) is 16.0 Å². The molecule has 6 nitrogen and oxygen atoms in total. The molecule has 0 aliphatic heterocycles. The largest absolute Gasteiger partial charge is 0.457 e. The Morgan fingerprint density at radius 2 is 1.62 bits per heavy atom. The van der Waals surface area contributed by atoms with Crippen LogP contribution in [-0.4, -0.2) is 16.9 Å². The van der Waals surface area contributed by atoms with Crippen molar-refractivity contribution in [1.29, 1.82) is 0 Å². The fourth-order valence-corrected chi connectivity index (χ4v) is 4.07. The summed E-state index contributed by atoms with van der Waals surface area (Å²) in [4.78, 5) is 24.9. The number of anilines is 2. The van der Waals surface area contributed by atoms with Crippen LogP contribution in [0.2, 0.25) is 10.0 Å². The number of hydrogen-bond acceptors (Lipinski definition) is 4. The normalized spacial score (nSPS) is 10.8. The Balaban J connectivity index is 1.33. The average molecular weight is 550 g/mol. The Labute approximate surface area is 229 Å². The summed E-state index contributed by atoms with van der Waals surface area (Å²) in [6.45, 7) is 1.88. The van der Waals surface area contributed by atoms with Crippen molar-refractivity contribution < 1.29 is 14.0 Å². The maximum Gasteiger partial charge on any atom is 0.255 e. The average Bonchev–Trinajstić information content (AvgIpc) is 3.33. The summed E-state index contributed by atoms with van der Waals surface area (Å²) in [5, 5.41) is 9.29. The number of hydrogen-bond donors (Lipinski definition) is 3. The molecule has 1 aromatic heterocycles. The van der Waals surface area contributed by atoms with Gasteiger partial charge in [-0.3, -0.25) is 14.9 Å². The molecule has 37 heavy (non-hydrogen) atoms. The molecular weight excluding hydrogens is 529 g/mol. The van der Waals surface area contributed by atoms with Crippen LogP contribution in [0.3, 0.4) is 0 Å². The smallest absolute Gasteiger partial charge is 0.255 e. The number of carbonyl (C=O) groups excluding carboxylic acids is 2. The molecule has 186 valence electrons. The van der Waals surface area contributed by atoms with Crippen molar-refractivity contribution in [2.75, 3.05) is 10.6 Å². The van der Waals surface area contributed by atoms with Crippen LogP contribution in [0.4, 0.5) is 11.4 Å². The number of rotatable bonds is 6. The van der Waals surface area contributed by atoms with Crippen molar-refractivity contribution in [2.45, 2.75) is 6.92 Å². The molecule has 0 aliphatic rings. The minimum Gasteiger partial charge on any atom is -0.457 e. The van der Waals surface area contributed by atoms with Crippen molar-refractivity contribution in [2.24, 2.45) is 0 Å². The van der Waals surface area contributed by atoms with Crippen LogP contribution in [-0.2, 0) is 4.79 Å². The second-order valence-electron chi connectivity index (χ2n) is 7.93. The first-order chi connectivity index (χ1) is 17.8. The van der Waals surface area contributed by atoms with E-state index in [0.717, 1.165) is 5.56 Å². The summed E-state index contributed by atoms with van der Waals surface area (Å²) in [5.74, 6) is 0.326. The lowest BCUT2D eigenvalue weighted by molar-refractivity contribution is -0.115. The molecule has 0 radical (unpaired) electrons. The molecule has 0 saturated carbocycles. The van der Waals surface area contributed by atoms with E-state index in [1.807, 2.05) is 25.1 Å². The lowest BCUT2D eigenvalue weighted by atomic mass is 10.1. The zero-order chi connectivity index (χ0) is 26.4. The van der Waals surface area contributed by atoms with Crippen LogP contribution < -0.4 is 16.0 Å². The van der Waals surface area contributed by atoms with Gasteiger partial charge in [0.15, 0.2) is 5.11 Å². The summed E-state index contributed by atoms with van der Waals surface area (Å²) in [6, 6.07) is 23.1. The molecule has 0 spiro atoms. The van der Waals surface area contributed by atoms with Crippen molar-refractivity contribution in [3.63, 3.8) is 0 Å². The van der Waals surface area contributed by atoms with E-state index >= 15 is 0 Å². The zero-order valence-electron chi connectivity index (χ0n) is 19.5. The lowest BCUT2D eigenvalue weighted by Crippen LogP contribution is -2.32. The molecule has 0 fully saturated rings. The monoisotopic (exact) mass is 549 g/mol. The van der Waals surface area contributed by atoms with Crippen LogP contribution in [0, 0.1) is 6.92 Å². The second kappa shape index (κ2) is 11.9. The van der Waals surface area contributed by atoms with Crippen LogP contribution in [0.15, 0.2) is 89.4 Å². The molecule has 3 N–H and O–H groups in total. The van der Waals surface area contributed by atoms with E-state index in [4.69, 9.17) is 39.8 Å². The highest BCUT2D eigenvalue weighted by Gasteiger charge is 2.11. The van der Waals surface area contributed by atoms with E-state index in [9.17, 15) is 9.59 Å². The number of furan rings is 1. The zero-order valence-corrected chi connectivity index (χ0v) is 21.9. The highest BCUT2D eigenvalue weighted by Crippen LogP contribution is 2.34. The fraction of sp³-hybridized carbons (Fsp3) is 0.0357. The van der Waals surface area contributed by atoms with Gasteiger partial charge >= 0.3 is 0 Å². The molecule has 1 heterocycles. The van der Waals surface area contributed by atoms with Gasteiger partial charge in [-0.1, -0.05) is 53.5 Å². The van der Waals surface area contributed by atoms with Gasteiger partial charge in [-0.15, -0.1) is 0 Å². The van der Waals surface area contributed by atoms with Crippen LogP contribution in [0.1, 0.15) is 21.7 Å². The Morgan fingerprint density at radius 3 is 2.41 bits per heavy atom. The Morgan fingerprint density at radius 1 is 0.892 bits per heavy atom. The van der Waals surface area contributed by atoms with Gasteiger partial charge in [0.05, 0.1) is 10.0 Å². The van der Waals surface area contributed by atoms with Gasteiger partial charge in [0.25, 0.3) is 5.91 Å². The quantitative estimate of drug-likeness (QED) is 0.173. The molecule has 0 atom stereocenters.